The van der Waals surface area contributed by atoms with E-state index in [1.54, 1.807) is 6.07 Å². The lowest BCUT2D eigenvalue weighted by atomic mass is 9.97. The summed E-state index contributed by atoms with van der Waals surface area (Å²) in [5, 5.41) is 21.6. The van der Waals surface area contributed by atoms with Crippen LogP contribution in [0.3, 0.4) is 0 Å². The average molecular weight is 305 g/mol. The van der Waals surface area contributed by atoms with Crippen molar-refractivity contribution >= 4 is 0 Å². The lowest BCUT2D eigenvalue weighted by Gasteiger charge is -2.27. The molecule has 0 aliphatic rings. The zero-order valence-electron chi connectivity index (χ0n) is 12.2. The fourth-order valence-corrected chi connectivity index (χ4v) is 2.12. The summed E-state index contributed by atoms with van der Waals surface area (Å²) in [4.78, 5) is 0. The van der Waals surface area contributed by atoms with Crippen LogP contribution >= 0.6 is 0 Å². The normalized spacial score (nSPS) is 15.2. The third-order valence-electron chi connectivity index (χ3n) is 3.45. The molecule has 0 bridgehead atoms. The summed E-state index contributed by atoms with van der Waals surface area (Å²) in [5.41, 5.74) is -0.257. The van der Waals surface area contributed by atoms with Gasteiger partial charge in [0.25, 0.3) is 0 Å². The van der Waals surface area contributed by atoms with Gasteiger partial charge in [0, 0.05) is 18.7 Å². The first kappa shape index (κ1) is 17.9. The van der Waals surface area contributed by atoms with Crippen molar-refractivity contribution in [2.24, 2.45) is 5.92 Å². The first-order valence-corrected chi connectivity index (χ1v) is 6.94. The van der Waals surface area contributed by atoms with Crippen LogP contribution in [0.2, 0.25) is 0 Å². The summed E-state index contributed by atoms with van der Waals surface area (Å²) in [6.07, 6.45) is -4.11. The van der Waals surface area contributed by atoms with E-state index < -0.39 is 17.8 Å². The highest BCUT2D eigenvalue weighted by molar-refractivity contribution is 5.28. The molecule has 1 rings (SSSR count). The molecule has 0 amide bonds. The van der Waals surface area contributed by atoms with E-state index in [0.717, 1.165) is 12.1 Å². The Labute approximate surface area is 122 Å². The van der Waals surface area contributed by atoms with Gasteiger partial charge < -0.3 is 15.5 Å². The minimum absolute atomic E-state index is 0.113. The van der Waals surface area contributed by atoms with E-state index in [0.29, 0.717) is 5.56 Å². The molecule has 2 unspecified atom stereocenters. The van der Waals surface area contributed by atoms with Crippen LogP contribution < -0.4 is 5.32 Å². The van der Waals surface area contributed by atoms with Crippen LogP contribution in [0, 0.1) is 5.92 Å². The fraction of sp³-hybridized carbons (Fsp3) is 0.600. The Morgan fingerprint density at radius 3 is 2.33 bits per heavy atom. The number of hydrogen-bond donors (Lipinski definition) is 3. The third-order valence-corrected chi connectivity index (χ3v) is 3.45. The van der Waals surface area contributed by atoms with Crippen molar-refractivity contribution in [2.45, 2.75) is 38.5 Å². The summed E-state index contributed by atoms with van der Waals surface area (Å²) in [6.45, 7) is 3.56. The van der Waals surface area contributed by atoms with Crippen LogP contribution in [-0.4, -0.2) is 29.5 Å². The van der Waals surface area contributed by atoms with Gasteiger partial charge in [-0.25, -0.2) is 0 Å². The standard InChI is InChI=1S/C15H22F3NO2/c1-10(2)14(9-21)19-13(6-7-20)11-4-3-5-12(8-11)15(16,17)18/h3-5,8,10,13-14,19-21H,6-7,9H2,1-2H3. The zero-order chi connectivity index (χ0) is 16.0. The molecular weight excluding hydrogens is 283 g/mol. The molecule has 2 atom stereocenters. The maximum Gasteiger partial charge on any atom is 0.416 e. The van der Waals surface area contributed by atoms with Crippen molar-refractivity contribution in [3.8, 4) is 0 Å². The Morgan fingerprint density at radius 2 is 1.86 bits per heavy atom. The molecular formula is C15H22F3NO2. The van der Waals surface area contributed by atoms with Gasteiger partial charge >= 0.3 is 6.18 Å². The van der Waals surface area contributed by atoms with Crippen LogP contribution in [-0.2, 0) is 6.18 Å². The number of rotatable bonds is 7. The summed E-state index contributed by atoms with van der Waals surface area (Å²) in [6, 6.07) is 4.38. The van der Waals surface area contributed by atoms with Gasteiger partial charge in [-0.2, -0.15) is 13.2 Å². The second-order valence-corrected chi connectivity index (χ2v) is 5.39. The minimum Gasteiger partial charge on any atom is -0.396 e. The van der Waals surface area contributed by atoms with Gasteiger partial charge in [-0.1, -0.05) is 26.0 Å². The molecule has 6 heteroatoms. The summed E-state index contributed by atoms with van der Waals surface area (Å²) < 4.78 is 38.3. The molecule has 0 aromatic heterocycles. The van der Waals surface area contributed by atoms with Crippen LogP contribution in [0.4, 0.5) is 13.2 Å². The molecule has 120 valence electrons. The van der Waals surface area contributed by atoms with E-state index in [4.69, 9.17) is 5.11 Å². The highest BCUT2D eigenvalue weighted by atomic mass is 19.4. The number of aliphatic hydroxyl groups is 2. The zero-order valence-corrected chi connectivity index (χ0v) is 12.2. The Morgan fingerprint density at radius 1 is 1.19 bits per heavy atom. The van der Waals surface area contributed by atoms with Crippen LogP contribution in [0.25, 0.3) is 0 Å². The molecule has 1 aromatic carbocycles. The van der Waals surface area contributed by atoms with E-state index in [9.17, 15) is 18.3 Å². The van der Waals surface area contributed by atoms with Crippen LogP contribution in [0.5, 0.6) is 0 Å². The van der Waals surface area contributed by atoms with Crippen molar-refractivity contribution < 1.29 is 23.4 Å². The largest absolute Gasteiger partial charge is 0.416 e. The van der Waals surface area contributed by atoms with E-state index in [-0.39, 0.29) is 31.6 Å². The lowest BCUT2D eigenvalue weighted by Crippen LogP contribution is -2.40. The first-order valence-electron chi connectivity index (χ1n) is 6.94. The Balaban J connectivity index is 3.00. The predicted octanol–water partition coefficient (Wildman–Crippen LogP) is 2.74. The molecule has 0 radical (unpaired) electrons. The molecule has 21 heavy (non-hydrogen) atoms. The Bertz CT molecular complexity index is 435. The maximum absolute atomic E-state index is 12.8. The Kier molecular flexibility index (Phi) is 6.64. The average Bonchev–Trinajstić information content (AvgIpc) is 2.42. The number of halogens is 3. The van der Waals surface area contributed by atoms with Crippen molar-refractivity contribution in [1.82, 2.24) is 5.32 Å². The van der Waals surface area contributed by atoms with Gasteiger partial charge in [-0.15, -0.1) is 0 Å². The molecule has 0 spiro atoms. The summed E-state index contributed by atoms with van der Waals surface area (Å²) >= 11 is 0. The van der Waals surface area contributed by atoms with Gasteiger partial charge in [0.15, 0.2) is 0 Å². The van der Waals surface area contributed by atoms with Gasteiger partial charge in [0.1, 0.15) is 0 Å². The number of hydrogen-bond acceptors (Lipinski definition) is 3. The monoisotopic (exact) mass is 305 g/mol. The summed E-state index contributed by atoms with van der Waals surface area (Å²) in [5.74, 6) is 0.127. The highest BCUT2D eigenvalue weighted by Gasteiger charge is 2.31. The number of aliphatic hydroxyl groups excluding tert-OH is 2. The summed E-state index contributed by atoms with van der Waals surface area (Å²) in [7, 11) is 0. The minimum atomic E-state index is -4.39. The van der Waals surface area contributed by atoms with Crippen molar-refractivity contribution in [1.29, 1.82) is 0 Å². The second kappa shape index (κ2) is 7.77. The smallest absolute Gasteiger partial charge is 0.396 e. The van der Waals surface area contributed by atoms with Gasteiger partial charge in [0.05, 0.1) is 12.2 Å². The lowest BCUT2D eigenvalue weighted by molar-refractivity contribution is -0.137. The third kappa shape index (κ3) is 5.30. The number of nitrogens with one attached hydrogen (secondary N) is 1. The van der Waals surface area contributed by atoms with Gasteiger partial charge in [0.2, 0.25) is 0 Å². The fourth-order valence-electron chi connectivity index (χ4n) is 2.12. The second-order valence-electron chi connectivity index (χ2n) is 5.39. The van der Waals surface area contributed by atoms with Crippen molar-refractivity contribution in [2.75, 3.05) is 13.2 Å². The molecule has 0 heterocycles. The van der Waals surface area contributed by atoms with Crippen LogP contribution in [0.1, 0.15) is 37.4 Å². The number of benzene rings is 1. The van der Waals surface area contributed by atoms with E-state index in [1.165, 1.54) is 6.07 Å². The maximum atomic E-state index is 12.8. The molecule has 3 N–H and O–H groups in total. The van der Waals surface area contributed by atoms with Gasteiger partial charge in [-0.05, 0) is 30.0 Å². The quantitative estimate of drug-likeness (QED) is 0.726. The van der Waals surface area contributed by atoms with E-state index in [2.05, 4.69) is 5.32 Å². The topological polar surface area (TPSA) is 52.5 Å². The molecule has 0 saturated carbocycles. The number of alkyl halides is 3. The molecule has 0 saturated heterocycles. The van der Waals surface area contributed by atoms with E-state index in [1.807, 2.05) is 13.8 Å². The molecule has 0 aliphatic heterocycles. The van der Waals surface area contributed by atoms with E-state index >= 15 is 0 Å². The van der Waals surface area contributed by atoms with Gasteiger partial charge in [-0.3, -0.25) is 0 Å². The van der Waals surface area contributed by atoms with Crippen molar-refractivity contribution in [3.05, 3.63) is 35.4 Å². The predicted molar refractivity (Wildman–Crippen MR) is 74.7 cm³/mol. The molecule has 1 aromatic rings. The van der Waals surface area contributed by atoms with Crippen molar-refractivity contribution in [3.63, 3.8) is 0 Å². The Hall–Kier alpha value is -1.11. The molecule has 0 aliphatic carbocycles. The SMILES string of the molecule is CC(C)C(CO)NC(CCO)c1cccc(C(F)(F)F)c1. The molecule has 3 nitrogen and oxygen atoms in total. The highest BCUT2D eigenvalue weighted by Crippen LogP contribution is 2.31. The van der Waals surface area contributed by atoms with Crippen LogP contribution in [0.15, 0.2) is 24.3 Å². The molecule has 0 fully saturated rings. The first-order chi connectivity index (χ1) is 9.79.